The van der Waals surface area contributed by atoms with Crippen LogP contribution in [0.1, 0.15) is 22.8 Å². The number of hydrogen-bond donors (Lipinski definition) is 1. The van der Waals surface area contributed by atoms with E-state index in [1.807, 2.05) is 41.8 Å². The molecular weight excluding hydrogens is 388 g/mol. The van der Waals surface area contributed by atoms with E-state index in [0.717, 1.165) is 5.56 Å². The Labute approximate surface area is 172 Å². The van der Waals surface area contributed by atoms with Crippen LogP contribution in [-0.4, -0.2) is 25.1 Å². The molecule has 29 heavy (non-hydrogen) atoms. The molecule has 1 amide bonds. The average molecular weight is 406 g/mol. The van der Waals surface area contributed by atoms with Gasteiger partial charge in [0, 0.05) is 10.9 Å². The number of esters is 1. The van der Waals surface area contributed by atoms with Crippen molar-refractivity contribution in [2.75, 3.05) is 18.5 Å². The van der Waals surface area contributed by atoms with Crippen molar-refractivity contribution >= 4 is 28.2 Å². The molecule has 0 atom stereocenters. The summed E-state index contributed by atoms with van der Waals surface area (Å²) in [6.07, 6.45) is 0. The van der Waals surface area contributed by atoms with Crippen LogP contribution in [0.5, 0.6) is 5.75 Å². The molecule has 7 heteroatoms. The fourth-order valence-corrected chi connectivity index (χ4v) is 3.65. The van der Waals surface area contributed by atoms with Crippen molar-refractivity contribution in [2.45, 2.75) is 6.92 Å². The quantitative estimate of drug-likeness (QED) is 0.585. The van der Waals surface area contributed by atoms with Gasteiger partial charge in [-0.05, 0) is 24.6 Å². The summed E-state index contributed by atoms with van der Waals surface area (Å²) in [6.45, 7) is 1.66. The maximum atomic E-state index is 12.5. The number of nitrogens with one attached hydrogen (secondary N) is 1. The smallest absolute Gasteiger partial charge is 0.341 e. The van der Waals surface area contributed by atoms with Crippen LogP contribution in [0.25, 0.3) is 11.1 Å². The average Bonchev–Trinajstić information content (AvgIpc) is 3.16. The van der Waals surface area contributed by atoms with Crippen LogP contribution >= 0.6 is 11.3 Å². The third kappa shape index (κ3) is 4.81. The molecule has 0 saturated heterocycles. The lowest BCUT2D eigenvalue weighted by Crippen LogP contribution is -2.21. The number of nitriles is 1. The highest BCUT2D eigenvalue weighted by atomic mass is 32.1. The standard InChI is InChI=1S/C22H18N2O4S/c1-2-27-22(26)20-17(15-8-4-3-5-9-15)14-29-21(20)24-19(25)13-28-18-11-7-6-10-16(18)12-23/h3-11,14H,2,13H2,1H3,(H,24,25). The van der Waals surface area contributed by atoms with Crippen molar-refractivity contribution in [3.8, 4) is 22.9 Å². The molecule has 1 heterocycles. The maximum Gasteiger partial charge on any atom is 0.341 e. The van der Waals surface area contributed by atoms with E-state index in [1.54, 1.807) is 31.2 Å². The monoisotopic (exact) mass is 406 g/mol. The van der Waals surface area contributed by atoms with E-state index >= 15 is 0 Å². The molecule has 2 aromatic carbocycles. The molecule has 0 spiro atoms. The van der Waals surface area contributed by atoms with E-state index in [1.165, 1.54) is 11.3 Å². The number of hydrogen-bond acceptors (Lipinski definition) is 6. The van der Waals surface area contributed by atoms with Crippen molar-refractivity contribution in [1.82, 2.24) is 0 Å². The summed E-state index contributed by atoms with van der Waals surface area (Å²) in [4.78, 5) is 24.9. The van der Waals surface area contributed by atoms with Gasteiger partial charge >= 0.3 is 5.97 Å². The first-order chi connectivity index (χ1) is 14.1. The minimum atomic E-state index is -0.501. The zero-order valence-corrected chi connectivity index (χ0v) is 16.5. The van der Waals surface area contributed by atoms with Gasteiger partial charge in [-0.25, -0.2) is 4.79 Å². The van der Waals surface area contributed by atoms with E-state index in [2.05, 4.69) is 5.32 Å². The third-order valence-corrected chi connectivity index (χ3v) is 4.87. The molecule has 3 rings (SSSR count). The van der Waals surface area contributed by atoms with Crippen LogP contribution in [-0.2, 0) is 9.53 Å². The zero-order chi connectivity index (χ0) is 20.6. The molecule has 0 saturated carbocycles. The first kappa shape index (κ1) is 20.1. The summed E-state index contributed by atoms with van der Waals surface area (Å²) in [5.74, 6) is -0.615. The molecule has 6 nitrogen and oxygen atoms in total. The molecule has 146 valence electrons. The van der Waals surface area contributed by atoms with Crippen LogP contribution in [0.4, 0.5) is 5.00 Å². The summed E-state index contributed by atoms with van der Waals surface area (Å²) in [6, 6.07) is 18.1. The second-order valence-electron chi connectivity index (χ2n) is 5.88. The summed E-state index contributed by atoms with van der Waals surface area (Å²) < 4.78 is 10.6. The molecule has 0 aliphatic carbocycles. The van der Waals surface area contributed by atoms with E-state index in [0.29, 0.717) is 27.4 Å². The lowest BCUT2D eigenvalue weighted by atomic mass is 10.0. The Morgan fingerprint density at radius 1 is 1.10 bits per heavy atom. The Morgan fingerprint density at radius 2 is 1.83 bits per heavy atom. The van der Waals surface area contributed by atoms with Crippen LogP contribution < -0.4 is 10.1 Å². The second-order valence-corrected chi connectivity index (χ2v) is 6.76. The summed E-state index contributed by atoms with van der Waals surface area (Å²) in [5, 5.41) is 14.0. The first-order valence-electron chi connectivity index (χ1n) is 8.89. The molecule has 0 fully saturated rings. The van der Waals surface area contributed by atoms with Gasteiger partial charge in [-0.3, -0.25) is 4.79 Å². The number of benzene rings is 2. The number of ether oxygens (including phenoxy) is 2. The number of nitrogens with zero attached hydrogens (tertiary/aromatic N) is 1. The Morgan fingerprint density at radius 3 is 2.55 bits per heavy atom. The Bertz CT molecular complexity index is 1050. The normalized spacial score (nSPS) is 10.1. The molecule has 0 aliphatic rings. The molecule has 0 aliphatic heterocycles. The molecule has 1 aromatic heterocycles. The van der Waals surface area contributed by atoms with Gasteiger partial charge < -0.3 is 14.8 Å². The fourth-order valence-electron chi connectivity index (χ4n) is 2.68. The highest BCUT2D eigenvalue weighted by molar-refractivity contribution is 7.15. The first-order valence-corrected chi connectivity index (χ1v) is 9.77. The van der Waals surface area contributed by atoms with Crippen LogP contribution in [0, 0.1) is 11.3 Å². The number of rotatable bonds is 7. The van der Waals surface area contributed by atoms with Crippen LogP contribution in [0.15, 0.2) is 60.0 Å². The van der Waals surface area contributed by atoms with Gasteiger partial charge in [0.25, 0.3) is 5.91 Å². The predicted molar refractivity (Wildman–Crippen MR) is 111 cm³/mol. The van der Waals surface area contributed by atoms with Gasteiger partial charge in [-0.2, -0.15) is 5.26 Å². The molecule has 0 bridgehead atoms. The number of thiophene rings is 1. The predicted octanol–water partition coefficient (Wildman–Crippen LogP) is 4.48. The molecule has 0 unspecified atom stereocenters. The third-order valence-electron chi connectivity index (χ3n) is 3.97. The lowest BCUT2D eigenvalue weighted by molar-refractivity contribution is -0.118. The van der Waals surface area contributed by atoms with E-state index < -0.39 is 11.9 Å². The van der Waals surface area contributed by atoms with Gasteiger partial charge in [-0.15, -0.1) is 11.3 Å². The highest BCUT2D eigenvalue weighted by Gasteiger charge is 2.23. The topological polar surface area (TPSA) is 88.4 Å². The molecule has 1 N–H and O–H groups in total. The van der Waals surface area contributed by atoms with Crippen molar-refractivity contribution < 1.29 is 19.1 Å². The molecule has 0 radical (unpaired) electrons. The van der Waals surface area contributed by atoms with E-state index in [9.17, 15) is 9.59 Å². The fraction of sp³-hybridized carbons (Fsp3) is 0.136. The molecular formula is C22H18N2O4S. The van der Waals surface area contributed by atoms with Crippen molar-refractivity contribution in [2.24, 2.45) is 0 Å². The SMILES string of the molecule is CCOC(=O)c1c(-c2ccccc2)csc1NC(=O)COc1ccccc1C#N. The van der Waals surface area contributed by atoms with Crippen molar-refractivity contribution in [3.05, 3.63) is 71.1 Å². The number of carbonyl (C=O) groups excluding carboxylic acids is 2. The summed E-state index contributed by atoms with van der Waals surface area (Å²) in [5.41, 5.74) is 2.20. The van der Waals surface area contributed by atoms with Gasteiger partial charge in [0.2, 0.25) is 0 Å². The second kappa shape index (κ2) is 9.53. The van der Waals surface area contributed by atoms with Gasteiger partial charge in [0.05, 0.1) is 12.2 Å². The van der Waals surface area contributed by atoms with Crippen LogP contribution in [0.3, 0.4) is 0 Å². The largest absolute Gasteiger partial charge is 0.482 e. The number of anilines is 1. The Kier molecular flexibility index (Phi) is 6.61. The number of amides is 1. The van der Waals surface area contributed by atoms with Gasteiger partial charge in [0.1, 0.15) is 22.4 Å². The minimum absolute atomic E-state index is 0.227. The molecule has 3 aromatic rings. The summed E-state index contributed by atoms with van der Waals surface area (Å²) in [7, 11) is 0. The van der Waals surface area contributed by atoms with Crippen LogP contribution in [0.2, 0.25) is 0 Å². The van der Waals surface area contributed by atoms with Crippen molar-refractivity contribution in [3.63, 3.8) is 0 Å². The lowest BCUT2D eigenvalue weighted by Gasteiger charge is -2.10. The van der Waals surface area contributed by atoms with E-state index in [4.69, 9.17) is 14.7 Å². The number of para-hydroxylation sites is 1. The zero-order valence-electron chi connectivity index (χ0n) is 15.7. The van der Waals surface area contributed by atoms with Gasteiger partial charge in [-0.1, -0.05) is 42.5 Å². The summed E-state index contributed by atoms with van der Waals surface area (Å²) >= 11 is 1.24. The number of carbonyl (C=O) groups is 2. The maximum absolute atomic E-state index is 12.5. The Balaban J connectivity index is 1.79. The van der Waals surface area contributed by atoms with Gasteiger partial charge in [0.15, 0.2) is 6.61 Å². The minimum Gasteiger partial charge on any atom is -0.482 e. The van der Waals surface area contributed by atoms with E-state index in [-0.39, 0.29) is 13.2 Å². The van der Waals surface area contributed by atoms with Crippen molar-refractivity contribution in [1.29, 1.82) is 5.26 Å². The highest BCUT2D eigenvalue weighted by Crippen LogP contribution is 2.36. The Hall–Kier alpha value is -3.63.